The number of nitrogens with one attached hydrogen (secondary N) is 2. The first kappa shape index (κ1) is 15.1. The number of amides is 2. The van der Waals surface area contributed by atoms with Crippen LogP contribution in [0.15, 0.2) is 22.8 Å². The van der Waals surface area contributed by atoms with Gasteiger partial charge in [0.2, 0.25) is 5.91 Å². The van der Waals surface area contributed by atoms with Crippen LogP contribution in [0.1, 0.15) is 43.2 Å². The van der Waals surface area contributed by atoms with Gasteiger partial charge in [-0.2, -0.15) is 0 Å². The van der Waals surface area contributed by atoms with Gasteiger partial charge in [-0.3, -0.25) is 9.59 Å². The molecule has 2 aliphatic heterocycles. The topological polar surface area (TPSA) is 74.6 Å². The van der Waals surface area contributed by atoms with Crippen LogP contribution in [0, 0.1) is 0 Å². The van der Waals surface area contributed by atoms with E-state index in [4.69, 9.17) is 4.42 Å². The van der Waals surface area contributed by atoms with Gasteiger partial charge in [0.25, 0.3) is 5.91 Å². The van der Waals surface area contributed by atoms with E-state index in [9.17, 15) is 9.59 Å². The molecule has 0 spiro atoms. The van der Waals surface area contributed by atoms with Crippen molar-refractivity contribution in [3.8, 4) is 0 Å². The molecule has 1 aromatic heterocycles. The molecule has 1 aromatic rings. The molecule has 2 amide bonds. The van der Waals surface area contributed by atoms with E-state index in [2.05, 4.69) is 10.6 Å². The molecule has 120 valence electrons. The summed E-state index contributed by atoms with van der Waals surface area (Å²) in [5.74, 6) is -0.182. The third-order valence-electron chi connectivity index (χ3n) is 4.81. The van der Waals surface area contributed by atoms with Crippen molar-refractivity contribution in [1.82, 2.24) is 15.5 Å². The average Bonchev–Trinajstić information content (AvgIpc) is 3.15. The molecule has 6 heteroatoms. The molecule has 0 aliphatic carbocycles. The van der Waals surface area contributed by atoms with Gasteiger partial charge in [0.05, 0.1) is 6.26 Å². The smallest absolute Gasteiger partial charge is 0.287 e. The lowest BCUT2D eigenvalue weighted by atomic mass is 9.98. The number of fused-ring (bicyclic) bond motifs is 2. The van der Waals surface area contributed by atoms with E-state index < -0.39 is 6.04 Å². The molecule has 3 unspecified atom stereocenters. The number of nitrogens with zero attached hydrogens (tertiary/aromatic N) is 1. The van der Waals surface area contributed by atoms with Crippen molar-refractivity contribution in [1.29, 1.82) is 0 Å². The summed E-state index contributed by atoms with van der Waals surface area (Å²) in [4.78, 5) is 26.3. The minimum Gasteiger partial charge on any atom is -0.459 e. The molecular formula is C16H23N3O3. The number of carbonyl (C=O) groups is 2. The Morgan fingerprint density at radius 3 is 2.64 bits per heavy atom. The van der Waals surface area contributed by atoms with Gasteiger partial charge in [-0.1, -0.05) is 0 Å². The number of hydrogen-bond acceptors (Lipinski definition) is 4. The summed E-state index contributed by atoms with van der Waals surface area (Å²) in [5.41, 5.74) is 0. The van der Waals surface area contributed by atoms with Crippen LogP contribution < -0.4 is 10.6 Å². The molecule has 22 heavy (non-hydrogen) atoms. The first-order valence-electron chi connectivity index (χ1n) is 7.91. The Kier molecular flexibility index (Phi) is 4.20. The zero-order valence-electron chi connectivity index (χ0n) is 13.0. The predicted octanol–water partition coefficient (Wildman–Crippen LogP) is 1.14. The molecule has 2 N–H and O–H groups in total. The molecule has 2 fully saturated rings. The highest BCUT2D eigenvalue weighted by molar-refractivity contribution is 5.95. The van der Waals surface area contributed by atoms with Crippen LogP contribution in [0.25, 0.3) is 0 Å². The Hall–Kier alpha value is -1.82. The van der Waals surface area contributed by atoms with Gasteiger partial charge in [0, 0.05) is 25.2 Å². The molecule has 3 rings (SSSR count). The van der Waals surface area contributed by atoms with Crippen LogP contribution >= 0.6 is 0 Å². The maximum Gasteiger partial charge on any atom is 0.287 e. The van der Waals surface area contributed by atoms with E-state index >= 15 is 0 Å². The van der Waals surface area contributed by atoms with Crippen molar-refractivity contribution in [3.05, 3.63) is 24.2 Å². The molecule has 3 atom stereocenters. The van der Waals surface area contributed by atoms with Crippen molar-refractivity contribution < 1.29 is 14.0 Å². The Bertz CT molecular complexity index is 531. The van der Waals surface area contributed by atoms with E-state index in [1.807, 2.05) is 7.05 Å². The number of likely N-dealkylation sites (N-methyl/N-ethyl adjacent to an activating group) is 1. The number of rotatable bonds is 4. The lowest BCUT2D eigenvalue weighted by Gasteiger charge is -2.36. The van der Waals surface area contributed by atoms with Crippen molar-refractivity contribution in [2.24, 2.45) is 0 Å². The van der Waals surface area contributed by atoms with E-state index in [1.165, 1.54) is 19.1 Å². The van der Waals surface area contributed by atoms with Gasteiger partial charge in [-0.15, -0.1) is 0 Å². The standard InChI is InChI=1S/C16H23N3O3/c1-10(17-15(20)14-4-3-7-22-14)16(21)19(2)13-8-11-5-6-12(9-13)18-11/h3-4,7,10-13,18H,5-6,8-9H2,1-2H3,(H,17,20). The number of piperidine rings is 1. The molecule has 2 bridgehead atoms. The van der Waals surface area contributed by atoms with Crippen LogP contribution in [0.5, 0.6) is 0 Å². The van der Waals surface area contributed by atoms with Crippen LogP contribution in [-0.4, -0.2) is 47.9 Å². The van der Waals surface area contributed by atoms with Crippen LogP contribution in [-0.2, 0) is 4.79 Å². The Morgan fingerprint density at radius 2 is 2.05 bits per heavy atom. The lowest BCUT2D eigenvalue weighted by molar-refractivity contribution is -0.134. The predicted molar refractivity (Wildman–Crippen MR) is 81.4 cm³/mol. The fraction of sp³-hybridized carbons (Fsp3) is 0.625. The van der Waals surface area contributed by atoms with E-state index in [0.717, 1.165) is 12.8 Å². The minimum absolute atomic E-state index is 0.0498. The fourth-order valence-electron chi connectivity index (χ4n) is 3.57. The van der Waals surface area contributed by atoms with E-state index in [1.54, 1.807) is 24.0 Å². The molecule has 2 aliphatic rings. The van der Waals surface area contributed by atoms with E-state index in [-0.39, 0.29) is 23.6 Å². The molecular weight excluding hydrogens is 282 g/mol. The summed E-state index contributed by atoms with van der Waals surface area (Å²) in [5, 5.41) is 6.27. The molecule has 2 saturated heterocycles. The van der Waals surface area contributed by atoms with Gasteiger partial charge in [-0.25, -0.2) is 0 Å². The summed E-state index contributed by atoms with van der Waals surface area (Å²) >= 11 is 0. The maximum atomic E-state index is 12.5. The van der Waals surface area contributed by atoms with Gasteiger partial charge in [0.1, 0.15) is 6.04 Å². The Morgan fingerprint density at radius 1 is 1.36 bits per heavy atom. The quantitative estimate of drug-likeness (QED) is 0.875. The summed E-state index contributed by atoms with van der Waals surface area (Å²) < 4.78 is 5.04. The Labute approximate surface area is 130 Å². The summed E-state index contributed by atoms with van der Waals surface area (Å²) in [6.45, 7) is 1.72. The highest BCUT2D eigenvalue weighted by Crippen LogP contribution is 2.29. The van der Waals surface area contributed by atoms with Crippen molar-refractivity contribution in [3.63, 3.8) is 0 Å². The summed E-state index contributed by atoms with van der Waals surface area (Å²) in [6.07, 6.45) is 5.84. The third kappa shape index (κ3) is 3.02. The zero-order chi connectivity index (χ0) is 15.7. The van der Waals surface area contributed by atoms with E-state index in [0.29, 0.717) is 12.1 Å². The molecule has 0 aromatic carbocycles. The molecule has 0 saturated carbocycles. The van der Waals surface area contributed by atoms with Gasteiger partial charge >= 0.3 is 0 Å². The highest BCUT2D eigenvalue weighted by Gasteiger charge is 2.37. The van der Waals surface area contributed by atoms with Gasteiger partial charge in [-0.05, 0) is 44.7 Å². The van der Waals surface area contributed by atoms with Crippen LogP contribution in [0.4, 0.5) is 0 Å². The van der Waals surface area contributed by atoms with Crippen molar-refractivity contribution in [2.45, 2.75) is 56.8 Å². The number of furan rings is 1. The Balaban J connectivity index is 1.57. The van der Waals surface area contributed by atoms with Crippen LogP contribution in [0.3, 0.4) is 0 Å². The second-order valence-electron chi connectivity index (χ2n) is 6.38. The first-order chi connectivity index (χ1) is 10.5. The first-order valence-corrected chi connectivity index (χ1v) is 7.91. The molecule has 3 heterocycles. The highest BCUT2D eigenvalue weighted by atomic mass is 16.3. The second kappa shape index (κ2) is 6.12. The summed E-state index contributed by atoms with van der Waals surface area (Å²) in [6, 6.07) is 4.00. The monoisotopic (exact) mass is 305 g/mol. The molecule has 0 radical (unpaired) electrons. The number of hydrogen-bond donors (Lipinski definition) is 2. The molecule has 6 nitrogen and oxygen atoms in total. The third-order valence-corrected chi connectivity index (χ3v) is 4.81. The van der Waals surface area contributed by atoms with Gasteiger partial charge in [0.15, 0.2) is 5.76 Å². The SMILES string of the molecule is CC(NC(=O)c1ccco1)C(=O)N(C)C1CC2CCC(C1)N2. The van der Waals surface area contributed by atoms with Crippen LogP contribution in [0.2, 0.25) is 0 Å². The average molecular weight is 305 g/mol. The van der Waals surface area contributed by atoms with Gasteiger partial charge < -0.3 is 20.0 Å². The lowest BCUT2D eigenvalue weighted by Crippen LogP contribution is -2.53. The number of carbonyl (C=O) groups excluding carboxylic acids is 2. The normalized spacial score (nSPS) is 28.2. The largest absolute Gasteiger partial charge is 0.459 e. The second-order valence-corrected chi connectivity index (χ2v) is 6.38. The fourth-order valence-corrected chi connectivity index (χ4v) is 3.57. The summed E-state index contributed by atoms with van der Waals surface area (Å²) in [7, 11) is 1.84. The van der Waals surface area contributed by atoms with Crippen molar-refractivity contribution in [2.75, 3.05) is 7.05 Å². The zero-order valence-corrected chi connectivity index (χ0v) is 13.0. The van der Waals surface area contributed by atoms with Crippen molar-refractivity contribution >= 4 is 11.8 Å². The minimum atomic E-state index is -0.560. The maximum absolute atomic E-state index is 12.5.